The van der Waals surface area contributed by atoms with Crippen LogP contribution in [0.1, 0.15) is 24.0 Å². The van der Waals surface area contributed by atoms with E-state index in [9.17, 15) is 4.79 Å². The molecular formula is C23H25N5O. The Morgan fingerprint density at radius 3 is 2.38 bits per heavy atom. The topological polar surface area (TPSA) is 70.1 Å². The van der Waals surface area contributed by atoms with Gasteiger partial charge in [0.25, 0.3) is 0 Å². The van der Waals surface area contributed by atoms with Gasteiger partial charge in [-0.1, -0.05) is 18.2 Å². The van der Waals surface area contributed by atoms with Gasteiger partial charge in [-0.2, -0.15) is 0 Å². The van der Waals surface area contributed by atoms with Crippen LogP contribution in [0.4, 0.5) is 22.0 Å². The van der Waals surface area contributed by atoms with Crippen molar-refractivity contribution in [3.05, 3.63) is 66.0 Å². The molecule has 1 aromatic heterocycles. The molecule has 3 aromatic rings. The minimum Gasteiger partial charge on any atom is -0.355 e. The molecule has 0 aliphatic carbocycles. The minimum atomic E-state index is -0.274. The van der Waals surface area contributed by atoms with Gasteiger partial charge in [0.15, 0.2) is 5.82 Å². The van der Waals surface area contributed by atoms with Gasteiger partial charge in [-0.3, -0.25) is 4.98 Å². The number of aryl methyl sites for hydroxylation is 2. The molecule has 0 atom stereocenters. The molecule has 0 unspecified atom stereocenters. The summed E-state index contributed by atoms with van der Waals surface area (Å²) < 4.78 is 0. The van der Waals surface area contributed by atoms with Gasteiger partial charge in [0, 0.05) is 42.4 Å². The van der Waals surface area contributed by atoms with Gasteiger partial charge in [-0.25, -0.2) is 9.78 Å². The summed E-state index contributed by atoms with van der Waals surface area (Å²) in [7, 11) is 0. The van der Waals surface area contributed by atoms with Crippen LogP contribution >= 0.6 is 0 Å². The summed E-state index contributed by atoms with van der Waals surface area (Å²) in [5.74, 6) is 0.904. The number of hydrogen-bond donors (Lipinski definition) is 2. The first kappa shape index (κ1) is 18.9. The van der Waals surface area contributed by atoms with Gasteiger partial charge >= 0.3 is 6.03 Å². The molecule has 4 rings (SSSR count). The van der Waals surface area contributed by atoms with Crippen molar-refractivity contribution in [2.45, 2.75) is 26.7 Å². The van der Waals surface area contributed by atoms with Crippen molar-refractivity contribution in [2.75, 3.05) is 28.6 Å². The number of hydrogen-bond acceptors (Lipinski definition) is 4. The molecule has 2 amide bonds. The number of anilines is 3. The van der Waals surface area contributed by atoms with Gasteiger partial charge in [-0.05, 0) is 62.1 Å². The van der Waals surface area contributed by atoms with Gasteiger partial charge in [0.2, 0.25) is 0 Å². The third-order valence-electron chi connectivity index (χ3n) is 5.24. The molecule has 6 nitrogen and oxygen atoms in total. The van der Waals surface area contributed by atoms with E-state index in [1.54, 1.807) is 12.4 Å². The number of carbonyl (C=O) groups excluding carboxylic acids is 1. The maximum absolute atomic E-state index is 12.4. The summed E-state index contributed by atoms with van der Waals surface area (Å²) >= 11 is 0. The third kappa shape index (κ3) is 4.37. The zero-order valence-corrected chi connectivity index (χ0v) is 16.8. The quantitative estimate of drug-likeness (QED) is 0.661. The number of aromatic nitrogens is 2. The first-order valence-corrected chi connectivity index (χ1v) is 9.92. The smallest absolute Gasteiger partial charge is 0.323 e. The molecule has 29 heavy (non-hydrogen) atoms. The van der Waals surface area contributed by atoms with E-state index >= 15 is 0 Å². The van der Waals surface area contributed by atoms with Crippen molar-refractivity contribution in [2.24, 2.45) is 0 Å². The Labute approximate surface area is 171 Å². The number of carbonyl (C=O) groups is 1. The van der Waals surface area contributed by atoms with E-state index in [0.29, 0.717) is 5.69 Å². The van der Waals surface area contributed by atoms with Crippen LogP contribution in [0.5, 0.6) is 0 Å². The van der Waals surface area contributed by atoms with Crippen LogP contribution in [0.25, 0.3) is 11.3 Å². The number of nitrogens with one attached hydrogen (secondary N) is 2. The number of rotatable bonds is 4. The Morgan fingerprint density at radius 1 is 0.897 bits per heavy atom. The average Bonchev–Trinajstić information content (AvgIpc) is 3.26. The van der Waals surface area contributed by atoms with E-state index in [0.717, 1.165) is 41.4 Å². The van der Waals surface area contributed by atoms with E-state index in [2.05, 4.69) is 25.5 Å². The molecular weight excluding hydrogens is 362 g/mol. The van der Waals surface area contributed by atoms with Gasteiger partial charge < -0.3 is 15.5 Å². The van der Waals surface area contributed by atoms with Crippen LogP contribution in [0, 0.1) is 13.8 Å². The molecule has 6 heteroatoms. The SMILES string of the molecule is Cc1ccc(NC(=O)Nc2cccc(-c3nccnc3N3CCCC3)c2)cc1C. The second-order valence-corrected chi connectivity index (χ2v) is 7.38. The Morgan fingerprint density at radius 2 is 1.62 bits per heavy atom. The van der Waals surface area contributed by atoms with Crippen LogP contribution in [0.2, 0.25) is 0 Å². The van der Waals surface area contributed by atoms with Gasteiger partial charge in [0.05, 0.1) is 0 Å². The molecule has 1 fully saturated rings. The highest BCUT2D eigenvalue weighted by atomic mass is 16.2. The molecule has 1 saturated heterocycles. The molecule has 1 aliphatic heterocycles. The van der Waals surface area contributed by atoms with Crippen molar-refractivity contribution < 1.29 is 4.79 Å². The lowest BCUT2D eigenvalue weighted by Gasteiger charge is -2.19. The molecule has 0 saturated carbocycles. The fourth-order valence-corrected chi connectivity index (χ4v) is 3.55. The molecule has 0 bridgehead atoms. The van der Waals surface area contributed by atoms with Crippen molar-refractivity contribution in [3.63, 3.8) is 0 Å². The lowest BCUT2D eigenvalue weighted by molar-refractivity contribution is 0.262. The Kier molecular flexibility index (Phi) is 5.42. The monoisotopic (exact) mass is 387 g/mol. The molecule has 1 aliphatic rings. The summed E-state index contributed by atoms with van der Waals surface area (Å²) in [6.07, 6.45) is 5.80. The predicted octanol–water partition coefficient (Wildman–Crippen LogP) is 5.00. The standard InChI is InChI=1S/C23H25N5O/c1-16-8-9-20(14-17(16)2)27-23(29)26-19-7-5-6-18(15-19)21-22(25-11-10-24-21)28-12-3-4-13-28/h5-11,14-15H,3-4,12-13H2,1-2H3,(H2,26,27,29). The average molecular weight is 387 g/mol. The van der Waals surface area contributed by atoms with Crippen LogP contribution in [-0.2, 0) is 0 Å². The Balaban J connectivity index is 1.52. The van der Waals surface area contributed by atoms with Crippen molar-refractivity contribution in [1.82, 2.24) is 9.97 Å². The molecule has 2 aromatic carbocycles. The lowest BCUT2D eigenvalue weighted by Crippen LogP contribution is -2.20. The first-order valence-electron chi connectivity index (χ1n) is 9.92. The first-order chi connectivity index (χ1) is 14.1. The van der Waals surface area contributed by atoms with Gasteiger partial charge in [0.1, 0.15) is 5.69 Å². The van der Waals surface area contributed by atoms with Crippen molar-refractivity contribution >= 4 is 23.2 Å². The zero-order chi connectivity index (χ0) is 20.2. The number of benzene rings is 2. The molecule has 148 valence electrons. The largest absolute Gasteiger partial charge is 0.355 e. The fourth-order valence-electron chi connectivity index (χ4n) is 3.55. The molecule has 2 N–H and O–H groups in total. The van der Waals surface area contributed by atoms with Crippen LogP contribution in [0.15, 0.2) is 54.9 Å². The number of urea groups is 1. The highest BCUT2D eigenvalue weighted by molar-refractivity contribution is 6.00. The second kappa shape index (κ2) is 8.31. The normalized spacial score (nSPS) is 13.4. The number of nitrogens with zero attached hydrogens (tertiary/aromatic N) is 3. The summed E-state index contributed by atoms with van der Waals surface area (Å²) in [5, 5.41) is 5.80. The summed E-state index contributed by atoms with van der Waals surface area (Å²) in [6.45, 7) is 6.08. The maximum Gasteiger partial charge on any atom is 0.323 e. The summed E-state index contributed by atoms with van der Waals surface area (Å²) in [4.78, 5) is 23.8. The van der Waals surface area contributed by atoms with E-state index in [1.165, 1.54) is 18.4 Å². The van der Waals surface area contributed by atoms with E-state index in [1.807, 2.05) is 56.3 Å². The van der Waals surface area contributed by atoms with E-state index in [-0.39, 0.29) is 6.03 Å². The minimum absolute atomic E-state index is 0.274. The summed E-state index contributed by atoms with van der Waals surface area (Å²) in [6, 6.07) is 13.3. The number of amides is 2. The van der Waals surface area contributed by atoms with Crippen molar-refractivity contribution in [1.29, 1.82) is 0 Å². The van der Waals surface area contributed by atoms with Crippen LogP contribution in [-0.4, -0.2) is 29.1 Å². The highest BCUT2D eigenvalue weighted by Gasteiger charge is 2.19. The Hall–Kier alpha value is -3.41. The third-order valence-corrected chi connectivity index (χ3v) is 5.24. The van der Waals surface area contributed by atoms with Crippen LogP contribution < -0.4 is 15.5 Å². The fraction of sp³-hybridized carbons (Fsp3) is 0.261. The zero-order valence-electron chi connectivity index (χ0n) is 16.8. The van der Waals surface area contributed by atoms with E-state index in [4.69, 9.17) is 0 Å². The predicted molar refractivity (Wildman–Crippen MR) is 117 cm³/mol. The molecule has 0 spiro atoms. The highest BCUT2D eigenvalue weighted by Crippen LogP contribution is 2.30. The molecule has 0 radical (unpaired) electrons. The second-order valence-electron chi connectivity index (χ2n) is 7.38. The van der Waals surface area contributed by atoms with Crippen molar-refractivity contribution in [3.8, 4) is 11.3 Å². The summed E-state index contributed by atoms with van der Waals surface area (Å²) in [5.41, 5.74) is 5.59. The molecule has 2 heterocycles. The van der Waals surface area contributed by atoms with Crippen LogP contribution in [0.3, 0.4) is 0 Å². The lowest BCUT2D eigenvalue weighted by atomic mass is 10.1. The Bertz CT molecular complexity index is 1030. The van der Waals surface area contributed by atoms with Gasteiger partial charge in [-0.15, -0.1) is 0 Å². The van der Waals surface area contributed by atoms with E-state index < -0.39 is 0 Å². The maximum atomic E-state index is 12.4.